The summed E-state index contributed by atoms with van der Waals surface area (Å²) < 4.78 is 11.1. The zero-order valence-electron chi connectivity index (χ0n) is 17.6. The van der Waals surface area contributed by atoms with E-state index in [1.165, 1.54) is 0 Å². The number of thiocarbonyl (C=S) groups is 1. The molecule has 156 valence electrons. The fraction of sp³-hybridized carbons (Fsp3) is 0.435. The first-order valence-corrected chi connectivity index (χ1v) is 10.6. The SMILES string of the molecule is CCOc1ccc(NC(=S)N(Cc2ccccc2OC)C2CCN(C)CC2)cc1. The largest absolute Gasteiger partial charge is 0.496 e. The molecule has 1 N–H and O–H groups in total. The summed E-state index contributed by atoms with van der Waals surface area (Å²) in [5.74, 6) is 1.76. The summed E-state index contributed by atoms with van der Waals surface area (Å²) in [6.45, 7) is 5.53. The van der Waals surface area contributed by atoms with Gasteiger partial charge in [0.15, 0.2) is 5.11 Å². The number of nitrogens with one attached hydrogen (secondary N) is 1. The molecule has 0 unspecified atom stereocenters. The number of ether oxygens (including phenoxy) is 2. The van der Waals surface area contributed by atoms with Crippen molar-refractivity contribution in [3.63, 3.8) is 0 Å². The molecule has 0 radical (unpaired) electrons. The van der Waals surface area contributed by atoms with Crippen LogP contribution in [-0.4, -0.2) is 54.8 Å². The third-order valence-electron chi connectivity index (χ3n) is 5.34. The number of hydrogen-bond donors (Lipinski definition) is 1. The van der Waals surface area contributed by atoms with Crippen LogP contribution in [0.25, 0.3) is 0 Å². The van der Waals surface area contributed by atoms with Gasteiger partial charge in [-0.3, -0.25) is 0 Å². The average Bonchev–Trinajstić information content (AvgIpc) is 2.74. The molecule has 0 bridgehead atoms. The summed E-state index contributed by atoms with van der Waals surface area (Å²) in [6.07, 6.45) is 2.19. The Balaban J connectivity index is 1.77. The topological polar surface area (TPSA) is 37.0 Å². The average molecular weight is 414 g/mol. The van der Waals surface area contributed by atoms with Crippen molar-refractivity contribution in [3.05, 3.63) is 54.1 Å². The van der Waals surface area contributed by atoms with Crippen molar-refractivity contribution in [1.29, 1.82) is 0 Å². The van der Waals surface area contributed by atoms with Gasteiger partial charge in [-0.15, -0.1) is 0 Å². The summed E-state index contributed by atoms with van der Waals surface area (Å²) in [4.78, 5) is 4.69. The maximum atomic E-state index is 5.86. The molecule has 3 rings (SSSR count). The van der Waals surface area contributed by atoms with E-state index in [4.69, 9.17) is 21.7 Å². The summed E-state index contributed by atoms with van der Waals surface area (Å²) in [6, 6.07) is 16.5. The van der Waals surface area contributed by atoms with E-state index in [1.54, 1.807) is 7.11 Å². The van der Waals surface area contributed by atoms with Gasteiger partial charge in [-0.05, 0) is 82.5 Å². The van der Waals surface area contributed by atoms with Crippen LogP contribution in [-0.2, 0) is 6.54 Å². The van der Waals surface area contributed by atoms with Crippen LogP contribution in [0.3, 0.4) is 0 Å². The molecule has 1 heterocycles. The van der Waals surface area contributed by atoms with Crippen molar-refractivity contribution in [2.45, 2.75) is 32.4 Å². The highest BCUT2D eigenvalue weighted by molar-refractivity contribution is 7.80. The number of nitrogens with zero attached hydrogens (tertiary/aromatic N) is 2. The van der Waals surface area contributed by atoms with Crippen LogP contribution in [0.2, 0.25) is 0 Å². The monoisotopic (exact) mass is 413 g/mol. The first-order chi connectivity index (χ1) is 14.1. The molecule has 29 heavy (non-hydrogen) atoms. The van der Waals surface area contributed by atoms with E-state index < -0.39 is 0 Å². The van der Waals surface area contributed by atoms with Crippen LogP contribution in [0, 0.1) is 0 Å². The molecule has 1 aliphatic heterocycles. The maximum absolute atomic E-state index is 5.86. The van der Waals surface area contributed by atoms with Crippen LogP contribution >= 0.6 is 12.2 Å². The predicted octanol–water partition coefficient (Wildman–Crippen LogP) is 4.39. The number of hydrogen-bond acceptors (Lipinski definition) is 4. The lowest BCUT2D eigenvalue weighted by Crippen LogP contribution is -2.47. The van der Waals surface area contributed by atoms with Crippen molar-refractivity contribution >= 4 is 23.0 Å². The molecule has 1 fully saturated rings. The third-order valence-corrected chi connectivity index (χ3v) is 5.68. The van der Waals surface area contributed by atoms with Gasteiger partial charge < -0.3 is 24.6 Å². The Morgan fingerprint density at radius 2 is 1.83 bits per heavy atom. The van der Waals surface area contributed by atoms with E-state index in [0.717, 1.165) is 60.3 Å². The molecule has 0 amide bonds. The van der Waals surface area contributed by atoms with Gasteiger partial charge in [0, 0.05) is 23.8 Å². The Labute approximate surface area is 179 Å². The molecular formula is C23H31N3O2S. The quantitative estimate of drug-likeness (QED) is 0.679. The van der Waals surface area contributed by atoms with Crippen LogP contribution in [0.15, 0.2) is 48.5 Å². The molecule has 1 saturated heterocycles. The molecule has 0 saturated carbocycles. The lowest BCUT2D eigenvalue weighted by Gasteiger charge is -2.39. The maximum Gasteiger partial charge on any atom is 0.173 e. The Morgan fingerprint density at radius 1 is 1.14 bits per heavy atom. The van der Waals surface area contributed by atoms with Gasteiger partial charge >= 0.3 is 0 Å². The summed E-state index contributed by atoms with van der Waals surface area (Å²) in [7, 11) is 3.90. The molecule has 0 aromatic heterocycles. The highest BCUT2D eigenvalue weighted by Gasteiger charge is 2.26. The highest BCUT2D eigenvalue weighted by atomic mass is 32.1. The zero-order chi connectivity index (χ0) is 20.6. The minimum Gasteiger partial charge on any atom is -0.496 e. The Morgan fingerprint density at radius 3 is 2.48 bits per heavy atom. The second-order valence-corrected chi connectivity index (χ2v) is 7.75. The van der Waals surface area contributed by atoms with E-state index in [0.29, 0.717) is 12.6 Å². The van der Waals surface area contributed by atoms with Gasteiger partial charge in [0.1, 0.15) is 11.5 Å². The molecule has 6 heteroatoms. The number of para-hydroxylation sites is 1. The van der Waals surface area contributed by atoms with Gasteiger partial charge in [0.25, 0.3) is 0 Å². The fourth-order valence-electron chi connectivity index (χ4n) is 3.69. The van der Waals surface area contributed by atoms with Gasteiger partial charge in [0.05, 0.1) is 13.7 Å². The van der Waals surface area contributed by atoms with E-state index in [1.807, 2.05) is 49.4 Å². The number of methoxy groups -OCH3 is 1. The normalized spacial score (nSPS) is 15.0. The van der Waals surface area contributed by atoms with Crippen molar-refractivity contribution in [1.82, 2.24) is 9.80 Å². The van der Waals surface area contributed by atoms with E-state index >= 15 is 0 Å². The fourth-order valence-corrected chi connectivity index (χ4v) is 4.02. The summed E-state index contributed by atoms with van der Waals surface area (Å²) >= 11 is 5.86. The Hall–Kier alpha value is -2.31. The Kier molecular flexibility index (Phi) is 7.72. The molecule has 2 aromatic rings. The molecular weight excluding hydrogens is 382 g/mol. The standard InChI is InChI=1S/C23H31N3O2S/c1-4-28-21-11-9-19(10-12-21)24-23(29)26(20-13-15-25(2)16-14-20)17-18-7-5-6-8-22(18)27-3/h5-12,20H,4,13-17H2,1-3H3,(H,24,29). The highest BCUT2D eigenvalue weighted by Crippen LogP contribution is 2.25. The smallest absolute Gasteiger partial charge is 0.173 e. The van der Waals surface area contributed by atoms with Crippen LogP contribution in [0.5, 0.6) is 11.5 Å². The van der Waals surface area contributed by atoms with E-state index in [9.17, 15) is 0 Å². The van der Waals surface area contributed by atoms with E-state index in [-0.39, 0.29) is 0 Å². The van der Waals surface area contributed by atoms with Gasteiger partial charge in [-0.25, -0.2) is 0 Å². The summed E-state index contributed by atoms with van der Waals surface area (Å²) in [5.41, 5.74) is 2.11. The minimum absolute atomic E-state index is 0.402. The van der Waals surface area contributed by atoms with Crippen molar-refractivity contribution in [2.75, 3.05) is 39.2 Å². The van der Waals surface area contributed by atoms with Crippen LogP contribution in [0.1, 0.15) is 25.3 Å². The second-order valence-electron chi connectivity index (χ2n) is 7.36. The predicted molar refractivity (Wildman–Crippen MR) is 123 cm³/mol. The molecule has 0 aliphatic carbocycles. The van der Waals surface area contributed by atoms with Gasteiger partial charge in [-0.1, -0.05) is 18.2 Å². The second kappa shape index (κ2) is 10.5. The molecule has 2 aromatic carbocycles. The molecule has 1 aliphatic rings. The molecule has 0 atom stereocenters. The van der Waals surface area contributed by atoms with E-state index in [2.05, 4.69) is 28.2 Å². The number of benzene rings is 2. The van der Waals surface area contributed by atoms with Crippen molar-refractivity contribution in [2.24, 2.45) is 0 Å². The lowest BCUT2D eigenvalue weighted by molar-refractivity contribution is 0.173. The lowest BCUT2D eigenvalue weighted by atomic mass is 10.0. The van der Waals surface area contributed by atoms with Crippen LogP contribution in [0.4, 0.5) is 5.69 Å². The molecule has 0 spiro atoms. The number of rotatable bonds is 7. The van der Waals surface area contributed by atoms with Crippen molar-refractivity contribution in [3.8, 4) is 11.5 Å². The van der Waals surface area contributed by atoms with Crippen LogP contribution < -0.4 is 14.8 Å². The zero-order valence-corrected chi connectivity index (χ0v) is 18.4. The first kappa shape index (κ1) is 21.4. The number of piperidine rings is 1. The Bertz CT molecular complexity index is 789. The minimum atomic E-state index is 0.402. The van der Waals surface area contributed by atoms with Crippen molar-refractivity contribution < 1.29 is 9.47 Å². The van der Waals surface area contributed by atoms with Gasteiger partial charge in [0.2, 0.25) is 0 Å². The summed E-state index contributed by atoms with van der Waals surface area (Å²) in [5, 5.41) is 4.17. The molecule has 5 nitrogen and oxygen atoms in total. The number of anilines is 1. The third kappa shape index (κ3) is 5.84. The first-order valence-electron chi connectivity index (χ1n) is 10.2. The number of likely N-dealkylation sites (tertiary alicyclic amines) is 1. The van der Waals surface area contributed by atoms with Gasteiger partial charge in [-0.2, -0.15) is 0 Å².